The molecule has 13 heteroatoms. The molecule has 4 rings (SSSR count). The van der Waals surface area contributed by atoms with Gasteiger partial charge in [0.05, 0.1) is 12.1 Å². The van der Waals surface area contributed by atoms with Gasteiger partial charge in [0.1, 0.15) is 18.3 Å². The Kier molecular flexibility index (Phi) is 10.9. The van der Waals surface area contributed by atoms with Crippen LogP contribution in [0.4, 0.5) is 39.4 Å². The van der Waals surface area contributed by atoms with Gasteiger partial charge < -0.3 is 14.9 Å². The first-order chi connectivity index (χ1) is 20.4. The Morgan fingerprint density at radius 3 is 2.58 bits per heavy atom. The van der Waals surface area contributed by atoms with Crippen LogP contribution in [0.2, 0.25) is 0 Å². The number of benzene rings is 1. The van der Waals surface area contributed by atoms with Crippen molar-refractivity contribution in [2.24, 2.45) is 5.41 Å². The van der Waals surface area contributed by atoms with Crippen molar-refractivity contribution in [2.75, 3.05) is 54.0 Å². The number of carbonyl (C=O) groups excluding carboxylic acids is 1. The van der Waals surface area contributed by atoms with E-state index >= 15 is 0 Å². The Balaban J connectivity index is 1.46. The highest BCUT2D eigenvalue weighted by molar-refractivity contribution is 8.00. The highest BCUT2D eigenvalue weighted by atomic mass is 32.2. The molecule has 2 N–H and O–H groups in total. The molecular weight excluding hydrogens is 587 g/mol. The molecule has 0 unspecified atom stereocenters. The van der Waals surface area contributed by atoms with Crippen LogP contribution >= 0.6 is 11.9 Å². The summed E-state index contributed by atoms with van der Waals surface area (Å²) in [5.41, 5.74) is 1.44. The van der Waals surface area contributed by atoms with Gasteiger partial charge in [-0.25, -0.2) is 13.8 Å². The maximum atomic E-state index is 14.8. The fourth-order valence-corrected chi connectivity index (χ4v) is 6.32. The first-order valence-corrected chi connectivity index (χ1v) is 15.5. The Morgan fingerprint density at radius 2 is 1.98 bits per heavy atom. The summed E-state index contributed by atoms with van der Waals surface area (Å²) in [6, 6.07) is 4.42. The summed E-state index contributed by atoms with van der Waals surface area (Å²) in [5.74, 6) is 0.153. The molecule has 1 aromatic carbocycles. The largest absolute Gasteiger partial charge is 0.389 e. The molecule has 1 aromatic heterocycles. The Bertz CT molecular complexity index is 1270. The van der Waals surface area contributed by atoms with E-state index in [1.807, 2.05) is 25.8 Å². The number of allylic oxidation sites excluding steroid dienone is 1. The molecule has 1 saturated heterocycles. The quantitative estimate of drug-likeness (QED) is 0.0824. The van der Waals surface area contributed by atoms with E-state index in [9.17, 15) is 26.7 Å². The minimum Gasteiger partial charge on any atom is -0.357 e. The van der Waals surface area contributed by atoms with Gasteiger partial charge in [0.25, 0.3) is 0 Å². The van der Waals surface area contributed by atoms with Gasteiger partial charge in [-0.1, -0.05) is 18.0 Å². The van der Waals surface area contributed by atoms with Gasteiger partial charge >= 0.3 is 6.18 Å². The first kappa shape index (κ1) is 33.0. The number of likely N-dealkylation sites (tertiary alicyclic amines) is 1. The van der Waals surface area contributed by atoms with Crippen molar-refractivity contribution in [1.82, 2.24) is 14.9 Å². The van der Waals surface area contributed by atoms with Gasteiger partial charge in [0.2, 0.25) is 5.95 Å². The average molecular weight is 627 g/mol. The van der Waals surface area contributed by atoms with Crippen LogP contribution in [0, 0.1) is 11.2 Å². The zero-order valence-corrected chi connectivity index (χ0v) is 25.5. The topological polar surface area (TPSA) is 73.4 Å². The zero-order chi connectivity index (χ0) is 31.2. The molecule has 7 nitrogen and oxygen atoms in total. The number of halogens is 5. The maximum Gasteiger partial charge on any atom is 0.389 e. The molecule has 236 valence electrons. The van der Waals surface area contributed by atoms with Crippen molar-refractivity contribution in [3.05, 3.63) is 41.3 Å². The molecule has 1 spiro atoms. The van der Waals surface area contributed by atoms with E-state index in [4.69, 9.17) is 4.98 Å². The number of aromatic nitrogens is 2. The SMILES string of the molecule is CC(C)N(C)c1nc(NC2CCC3(CC2)CN(CCF)C3)ncc1/C=C(\C=O)c1ccc(NSCCC(F)(F)F)c(F)c1. The lowest BCUT2D eigenvalue weighted by Gasteiger charge is -2.53. The van der Waals surface area contributed by atoms with Crippen LogP contribution in [0.25, 0.3) is 11.6 Å². The Hall–Kier alpha value is -2.93. The summed E-state index contributed by atoms with van der Waals surface area (Å²) >= 11 is 0.761. The van der Waals surface area contributed by atoms with E-state index in [-0.39, 0.29) is 35.8 Å². The van der Waals surface area contributed by atoms with Crippen molar-refractivity contribution in [1.29, 1.82) is 0 Å². The number of hydrogen-bond acceptors (Lipinski definition) is 8. The molecule has 2 aromatic rings. The molecule has 1 aliphatic carbocycles. The van der Waals surface area contributed by atoms with Gasteiger partial charge in [0.15, 0.2) is 6.29 Å². The molecular formula is C30H39F5N6OS. The number of aldehydes is 1. The summed E-state index contributed by atoms with van der Waals surface area (Å²) in [7, 11) is 1.90. The second kappa shape index (κ2) is 14.2. The minimum atomic E-state index is -4.28. The van der Waals surface area contributed by atoms with Crippen LogP contribution in [0.1, 0.15) is 57.1 Å². The molecule has 0 atom stereocenters. The van der Waals surface area contributed by atoms with Crippen LogP contribution in [-0.2, 0) is 4.79 Å². The second-order valence-electron chi connectivity index (χ2n) is 11.7. The van der Waals surface area contributed by atoms with Crippen LogP contribution in [-0.4, -0.2) is 78.5 Å². The number of nitrogens with zero attached hydrogens (tertiary/aromatic N) is 4. The highest BCUT2D eigenvalue weighted by Crippen LogP contribution is 2.44. The minimum absolute atomic E-state index is 0.0307. The van der Waals surface area contributed by atoms with Crippen LogP contribution in [0.15, 0.2) is 24.4 Å². The van der Waals surface area contributed by atoms with E-state index in [1.165, 1.54) is 18.2 Å². The van der Waals surface area contributed by atoms with E-state index in [1.54, 1.807) is 12.3 Å². The summed E-state index contributed by atoms with van der Waals surface area (Å²) in [4.78, 5) is 25.6. The van der Waals surface area contributed by atoms with E-state index in [2.05, 4.69) is 19.9 Å². The molecule has 2 fully saturated rings. The third kappa shape index (κ3) is 8.81. The molecule has 2 aliphatic rings. The van der Waals surface area contributed by atoms with Crippen LogP contribution in [0.5, 0.6) is 0 Å². The van der Waals surface area contributed by atoms with E-state index < -0.39 is 18.4 Å². The highest BCUT2D eigenvalue weighted by Gasteiger charge is 2.44. The third-order valence-corrected chi connectivity index (χ3v) is 8.99. The van der Waals surface area contributed by atoms with Crippen LogP contribution in [0.3, 0.4) is 0 Å². The number of carbonyl (C=O) groups is 1. The predicted octanol–water partition coefficient (Wildman–Crippen LogP) is 6.84. The summed E-state index contributed by atoms with van der Waals surface area (Å²) in [6.07, 6.45) is 2.72. The van der Waals surface area contributed by atoms with E-state index in [0.29, 0.717) is 41.1 Å². The number of nitrogens with one attached hydrogen (secondary N) is 2. The van der Waals surface area contributed by atoms with E-state index in [0.717, 1.165) is 50.7 Å². The number of anilines is 3. The maximum absolute atomic E-state index is 14.8. The third-order valence-electron chi connectivity index (χ3n) is 8.21. The summed E-state index contributed by atoms with van der Waals surface area (Å²) in [5, 5.41) is 3.47. The lowest BCUT2D eigenvalue weighted by molar-refractivity contribution is -0.129. The molecule has 0 radical (unpaired) electrons. The van der Waals surface area contributed by atoms with Crippen LogP contribution < -0.4 is 14.9 Å². The summed E-state index contributed by atoms with van der Waals surface area (Å²) < 4.78 is 67.1. The molecule has 43 heavy (non-hydrogen) atoms. The number of rotatable bonds is 13. The monoisotopic (exact) mass is 626 g/mol. The standard InChI is InChI=1S/C30H39F5N6OS/c1-20(2)40(3)27-22(14-23(17-42)21-4-5-26(25(32)15-21)39-43-13-10-30(33,34)35)16-36-28(38-27)37-24-6-8-29(9-7-24)18-41(19-29)12-11-31/h4-5,14-17,20,24,39H,6-13,18-19H2,1-3H3,(H,36,37,38)/b23-14+. The number of alkyl halides is 4. The molecule has 0 bridgehead atoms. The van der Waals surface area contributed by atoms with Gasteiger partial charge in [-0.2, -0.15) is 18.2 Å². The lowest BCUT2D eigenvalue weighted by Crippen LogP contribution is -2.58. The molecule has 2 heterocycles. The van der Waals surface area contributed by atoms with Crippen molar-refractivity contribution >= 4 is 47.3 Å². The molecule has 0 amide bonds. The lowest BCUT2D eigenvalue weighted by atomic mass is 9.67. The fraction of sp³-hybridized carbons (Fsp3) is 0.567. The molecule has 1 saturated carbocycles. The Labute approximate surface area is 253 Å². The zero-order valence-electron chi connectivity index (χ0n) is 24.7. The fourth-order valence-electron chi connectivity index (χ4n) is 5.56. The number of hydrogen-bond donors (Lipinski definition) is 2. The first-order valence-electron chi connectivity index (χ1n) is 14.5. The van der Waals surface area contributed by atoms with Gasteiger partial charge in [-0.15, -0.1) is 0 Å². The normalized spacial score (nSPS) is 17.7. The van der Waals surface area contributed by atoms with Gasteiger partial charge in [-0.3, -0.25) is 9.69 Å². The van der Waals surface area contributed by atoms with Crippen molar-refractivity contribution in [3.8, 4) is 0 Å². The second-order valence-corrected chi connectivity index (χ2v) is 12.6. The van der Waals surface area contributed by atoms with Crippen molar-refractivity contribution < 1.29 is 26.7 Å². The molecule has 1 aliphatic heterocycles. The van der Waals surface area contributed by atoms with Gasteiger partial charge in [0, 0.05) is 61.9 Å². The smallest absolute Gasteiger partial charge is 0.357 e. The van der Waals surface area contributed by atoms with Crippen molar-refractivity contribution in [3.63, 3.8) is 0 Å². The van der Waals surface area contributed by atoms with Gasteiger partial charge in [-0.05, 0) is 68.7 Å². The summed E-state index contributed by atoms with van der Waals surface area (Å²) in [6.45, 7) is 6.18. The Morgan fingerprint density at radius 1 is 1.26 bits per heavy atom. The predicted molar refractivity (Wildman–Crippen MR) is 163 cm³/mol. The average Bonchev–Trinajstić information content (AvgIpc) is 2.94. The van der Waals surface area contributed by atoms with Crippen molar-refractivity contribution in [2.45, 2.75) is 64.2 Å².